The van der Waals surface area contributed by atoms with E-state index in [1.165, 1.54) is 6.42 Å². The number of alkyl halides is 3. The third-order valence-electron chi connectivity index (χ3n) is 3.34. The van der Waals surface area contributed by atoms with Crippen LogP contribution in [0, 0.1) is 5.92 Å². The number of halogens is 3. The van der Waals surface area contributed by atoms with Crippen molar-refractivity contribution in [3.63, 3.8) is 0 Å². The molecule has 0 radical (unpaired) electrons. The SMILES string of the molecule is CC1CCCC(OCC(O)CNCCSC(F)(F)F)C1. The fourth-order valence-corrected chi connectivity index (χ4v) is 2.82. The maximum absolute atomic E-state index is 11.9. The maximum Gasteiger partial charge on any atom is 0.441 e. The van der Waals surface area contributed by atoms with Crippen molar-refractivity contribution in [2.75, 3.05) is 25.4 Å². The Kier molecular flexibility index (Phi) is 8.24. The summed E-state index contributed by atoms with van der Waals surface area (Å²) in [5, 5.41) is 12.5. The summed E-state index contributed by atoms with van der Waals surface area (Å²) in [6.07, 6.45) is 4.02. The molecule has 1 aliphatic rings. The number of aliphatic hydroxyl groups is 1. The third kappa shape index (κ3) is 9.05. The number of nitrogens with one attached hydrogen (secondary N) is 1. The van der Waals surface area contributed by atoms with Crippen LogP contribution in [0.1, 0.15) is 32.6 Å². The summed E-state index contributed by atoms with van der Waals surface area (Å²) in [6.45, 7) is 2.94. The number of ether oxygens (including phenoxy) is 1. The van der Waals surface area contributed by atoms with Crippen molar-refractivity contribution in [2.45, 2.75) is 50.3 Å². The van der Waals surface area contributed by atoms with Crippen LogP contribution >= 0.6 is 11.8 Å². The molecule has 120 valence electrons. The van der Waals surface area contributed by atoms with Crippen LogP contribution in [0.3, 0.4) is 0 Å². The lowest BCUT2D eigenvalue weighted by Gasteiger charge is -2.27. The van der Waals surface area contributed by atoms with Gasteiger partial charge >= 0.3 is 5.51 Å². The first-order chi connectivity index (χ1) is 9.37. The molecule has 0 saturated heterocycles. The molecule has 0 aromatic rings. The fraction of sp³-hybridized carbons (Fsp3) is 1.00. The Morgan fingerprint density at radius 1 is 1.40 bits per heavy atom. The average Bonchev–Trinajstić information content (AvgIpc) is 2.35. The van der Waals surface area contributed by atoms with E-state index in [1.807, 2.05) is 0 Å². The van der Waals surface area contributed by atoms with E-state index in [-0.39, 0.29) is 43.3 Å². The van der Waals surface area contributed by atoms with Gasteiger partial charge in [-0.2, -0.15) is 13.2 Å². The van der Waals surface area contributed by atoms with Crippen molar-refractivity contribution in [3.05, 3.63) is 0 Å². The van der Waals surface area contributed by atoms with E-state index in [2.05, 4.69) is 12.2 Å². The molecule has 2 N–H and O–H groups in total. The number of hydrogen-bond acceptors (Lipinski definition) is 4. The molecule has 0 bridgehead atoms. The highest BCUT2D eigenvalue weighted by Crippen LogP contribution is 2.29. The van der Waals surface area contributed by atoms with E-state index in [0.717, 1.165) is 19.3 Å². The fourth-order valence-electron chi connectivity index (χ4n) is 2.34. The first-order valence-electron chi connectivity index (χ1n) is 7.08. The van der Waals surface area contributed by atoms with Gasteiger partial charge in [-0.1, -0.05) is 19.8 Å². The molecule has 3 nitrogen and oxygen atoms in total. The van der Waals surface area contributed by atoms with Crippen LogP contribution in [-0.2, 0) is 4.74 Å². The van der Waals surface area contributed by atoms with E-state index in [4.69, 9.17) is 4.74 Å². The van der Waals surface area contributed by atoms with E-state index >= 15 is 0 Å². The zero-order valence-electron chi connectivity index (χ0n) is 11.8. The average molecular weight is 315 g/mol. The van der Waals surface area contributed by atoms with E-state index in [0.29, 0.717) is 5.92 Å². The second-order valence-electron chi connectivity index (χ2n) is 5.38. The van der Waals surface area contributed by atoms with Crippen LogP contribution in [0.2, 0.25) is 0 Å². The maximum atomic E-state index is 11.9. The molecule has 1 rings (SSSR count). The second-order valence-corrected chi connectivity index (χ2v) is 6.54. The molecule has 0 spiro atoms. The van der Waals surface area contributed by atoms with Crippen LogP contribution in [0.15, 0.2) is 0 Å². The largest absolute Gasteiger partial charge is 0.441 e. The van der Waals surface area contributed by atoms with Gasteiger partial charge in [-0.05, 0) is 30.5 Å². The summed E-state index contributed by atoms with van der Waals surface area (Å²) in [5.41, 5.74) is -4.18. The van der Waals surface area contributed by atoms with Crippen LogP contribution in [-0.4, -0.2) is 48.3 Å². The number of aliphatic hydroxyl groups excluding tert-OH is 1. The first kappa shape index (κ1) is 18.1. The zero-order chi connectivity index (χ0) is 15.0. The van der Waals surface area contributed by atoms with Gasteiger partial charge < -0.3 is 15.2 Å². The van der Waals surface area contributed by atoms with Crippen molar-refractivity contribution in [3.8, 4) is 0 Å². The van der Waals surface area contributed by atoms with Gasteiger partial charge in [0.05, 0.1) is 18.8 Å². The lowest BCUT2D eigenvalue weighted by Crippen LogP contribution is -2.34. The molecule has 0 heterocycles. The van der Waals surface area contributed by atoms with Crippen LogP contribution < -0.4 is 5.32 Å². The molecule has 0 amide bonds. The molecule has 7 heteroatoms. The van der Waals surface area contributed by atoms with Gasteiger partial charge in [0.15, 0.2) is 0 Å². The zero-order valence-corrected chi connectivity index (χ0v) is 12.6. The van der Waals surface area contributed by atoms with Gasteiger partial charge in [0.2, 0.25) is 0 Å². The predicted octanol–water partition coefficient (Wildman–Crippen LogP) is 2.79. The Morgan fingerprint density at radius 3 is 2.80 bits per heavy atom. The van der Waals surface area contributed by atoms with Crippen molar-refractivity contribution < 1.29 is 23.0 Å². The topological polar surface area (TPSA) is 41.5 Å². The standard InChI is InChI=1S/C13H24F3NO2S/c1-10-3-2-4-12(7-10)19-9-11(18)8-17-5-6-20-13(14,15)16/h10-12,17-18H,2-9H2,1H3. The Labute approximate surface area is 122 Å². The number of rotatable bonds is 8. The summed E-state index contributed by atoms with van der Waals surface area (Å²) < 4.78 is 41.2. The van der Waals surface area contributed by atoms with Crippen molar-refractivity contribution >= 4 is 11.8 Å². The highest BCUT2D eigenvalue weighted by Gasteiger charge is 2.27. The minimum absolute atomic E-state index is 0.0444. The number of thioether (sulfide) groups is 1. The molecular formula is C13H24F3NO2S. The number of hydrogen-bond donors (Lipinski definition) is 2. The lowest BCUT2D eigenvalue weighted by atomic mass is 9.89. The molecule has 3 atom stereocenters. The molecular weight excluding hydrogens is 291 g/mol. The minimum Gasteiger partial charge on any atom is -0.389 e. The highest BCUT2D eigenvalue weighted by atomic mass is 32.2. The second kappa shape index (κ2) is 9.12. The minimum atomic E-state index is -4.18. The third-order valence-corrected chi connectivity index (χ3v) is 4.07. The first-order valence-corrected chi connectivity index (χ1v) is 8.06. The van der Waals surface area contributed by atoms with Gasteiger partial charge in [0.1, 0.15) is 0 Å². The van der Waals surface area contributed by atoms with Crippen molar-refractivity contribution in [1.29, 1.82) is 0 Å². The molecule has 1 fully saturated rings. The van der Waals surface area contributed by atoms with Crippen molar-refractivity contribution in [2.24, 2.45) is 5.92 Å². The van der Waals surface area contributed by atoms with E-state index in [9.17, 15) is 18.3 Å². The summed E-state index contributed by atoms with van der Waals surface area (Å²) in [7, 11) is 0. The summed E-state index contributed by atoms with van der Waals surface area (Å²) in [4.78, 5) is 0. The van der Waals surface area contributed by atoms with Gasteiger partial charge in [-0.15, -0.1) is 0 Å². The molecule has 0 aromatic carbocycles. The molecule has 3 unspecified atom stereocenters. The van der Waals surface area contributed by atoms with Crippen LogP contribution in [0.25, 0.3) is 0 Å². The lowest BCUT2D eigenvalue weighted by molar-refractivity contribution is -0.0330. The van der Waals surface area contributed by atoms with Crippen LogP contribution in [0.4, 0.5) is 13.2 Å². The van der Waals surface area contributed by atoms with E-state index in [1.54, 1.807) is 0 Å². The quantitative estimate of drug-likeness (QED) is 0.676. The van der Waals surface area contributed by atoms with Gasteiger partial charge in [-0.3, -0.25) is 0 Å². The van der Waals surface area contributed by atoms with Gasteiger partial charge in [-0.25, -0.2) is 0 Å². The summed E-state index contributed by atoms with van der Waals surface area (Å²) in [5.74, 6) is 0.625. The van der Waals surface area contributed by atoms with Crippen LogP contribution in [0.5, 0.6) is 0 Å². The molecule has 0 aromatic heterocycles. The van der Waals surface area contributed by atoms with Crippen molar-refractivity contribution in [1.82, 2.24) is 5.32 Å². The normalized spacial score (nSPS) is 25.6. The molecule has 1 aliphatic carbocycles. The highest BCUT2D eigenvalue weighted by molar-refractivity contribution is 8.00. The molecule has 20 heavy (non-hydrogen) atoms. The summed E-state index contributed by atoms with van der Waals surface area (Å²) >= 11 is -0.0539. The Balaban J connectivity index is 1.98. The Morgan fingerprint density at radius 2 is 2.15 bits per heavy atom. The Hall–Kier alpha value is 0.0200. The smallest absolute Gasteiger partial charge is 0.389 e. The Bertz CT molecular complexity index is 266. The molecule has 0 aliphatic heterocycles. The summed E-state index contributed by atoms with van der Waals surface area (Å²) in [6, 6.07) is 0. The van der Waals surface area contributed by atoms with Gasteiger partial charge in [0, 0.05) is 18.8 Å². The molecule has 1 saturated carbocycles. The predicted molar refractivity (Wildman–Crippen MR) is 74.8 cm³/mol. The van der Waals surface area contributed by atoms with Gasteiger partial charge in [0.25, 0.3) is 0 Å². The monoisotopic (exact) mass is 315 g/mol. The van der Waals surface area contributed by atoms with E-state index < -0.39 is 11.6 Å².